The molecule has 1 saturated carbocycles. The first-order valence-corrected chi connectivity index (χ1v) is 8.26. The van der Waals surface area contributed by atoms with E-state index in [0.717, 1.165) is 24.2 Å². The van der Waals surface area contributed by atoms with Gasteiger partial charge in [0.1, 0.15) is 15.2 Å². The van der Waals surface area contributed by atoms with Gasteiger partial charge in [-0.2, -0.15) is 9.57 Å². The first kappa shape index (κ1) is 13.5. The highest BCUT2D eigenvalue weighted by atomic mass is 32.2. The van der Waals surface area contributed by atoms with Crippen molar-refractivity contribution in [1.82, 2.24) is 4.31 Å². The van der Waals surface area contributed by atoms with Gasteiger partial charge in [0, 0.05) is 13.6 Å². The molecule has 0 radical (unpaired) electrons. The Morgan fingerprint density at radius 1 is 1.44 bits per heavy atom. The summed E-state index contributed by atoms with van der Waals surface area (Å²) in [4.78, 5) is 0.433. The van der Waals surface area contributed by atoms with Crippen LogP contribution in [0.25, 0.3) is 0 Å². The molecule has 0 atom stereocenters. The van der Waals surface area contributed by atoms with Crippen LogP contribution in [0.4, 0.5) is 0 Å². The maximum absolute atomic E-state index is 12.3. The Morgan fingerprint density at radius 2 is 2.11 bits per heavy atom. The van der Waals surface area contributed by atoms with E-state index >= 15 is 0 Å². The fourth-order valence-electron chi connectivity index (χ4n) is 2.33. The summed E-state index contributed by atoms with van der Waals surface area (Å²) in [6, 6.07) is 5.04. The van der Waals surface area contributed by atoms with Crippen molar-refractivity contribution in [3.05, 3.63) is 17.0 Å². The Balaban J connectivity index is 2.12. The van der Waals surface area contributed by atoms with Gasteiger partial charge in [0.15, 0.2) is 0 Å². The summed E-state index contributed by atoms with van der Waals surface area (Å²) in [5.74, 6) is 0.486. The van der Waals surface area contributed by atoms with Crippen molar-refractivity contribution < 1.29 is 8.42 Å². The minimum absolute atomic E-state index is 0.263. The zero-order chi connectivity index (χ0) is 13.2. The molecule has 18 heavy (non-hydrogen) atoms. The highest BCUT2D eigenvalue weighted by Crippen LogP contribution is 2.28. The van der Waals surface area contributed by atoms with Gasteiger partial charge in [-0.3, -0.25) is 0 Å². The predicted molar refractivity (Wildman–Crippen MR) is 70.8 cm³/mol. The first-order chi connectivity index (χ1) is 8.54. The van der Waals surface area contributed by atoms with E-state index in [1.807, 2.05) is 6.07 Å². The number of sulfonamides is 1. The summed E-state index contributed by atoms with van der Waals surface area (Å²) in [7, 11) is -1.79. The van der Waals surface area contributed by atoms with Crippen LogP contribution in [0.5, 0.6) is 0 Å². The zero-order valence-corrected chi connectivity index (χ0v) is 11.9. The monoisotopic (exact) mass is 284 g/mol. The molecule has 0 spiro atoms. The van der Waals surface area contributed by atoms with Crippen molar-refractivity contribution in [3.8, 4) is 6.07 Å². The Morgan fingerprint density at radius 3 is 2.67 bits per heavy atom. The molecule has 4 nitrogen and oxygen atoms in total. The lowest BCUT2D eigenvalue weighted by molar-refractivity contribution is 0.388. The third-order valence-corrected chi connectivity index (χ3v) is 6.63. The van der Waals surface area contributed by atoms with E-state index in [9.17, 15) is 8.42 Å². The third kappa shape index (κ3) is 2.74. The number of hydrogen-bond donors (Lipinski definition) is 0. The minimum Gasteiger partial charge on any atom is -0.206 e. The topological polar surface area (TPSA) is 61.2 Å². The van der Waals surface area contributed by atoms with Gasteiger partial charge < -0.3 is 0 Å². The first-order valence-electron chi connectivity index (χ1n) is 6.00. The quantitative estimate of drug-likeness (QED) is 0.853. The van der Waals surface area contributed by atoms with Gasteiger partial charge in [-0.25, -0.2) is 8.42 Å². The number of nitrogens with zero attached hydrogens (tertiary/aromatic N) is 2. The maximum Gasteiger partial charge on any atom is 0.252 e. The molecule has 6 heteroatoms. The van der Waals surface area contributed by atoms with Crippen molar-refractivity contribution in [3.63, 3.8) is 0 Å². The van der Waals surface area contributed by atoms with Gasteiger partial charge >= 0.3 is 0 Å². The molecule has 0 saturated heterocycles. The van der Waals surface area contributed by atoms with Crippen LogP contribution in [0, 0.1) is 17.2 Å². The SMILES string of the molecule is CN(CC1CCCC1)S(=O)(=O)c1ccc(C#N)s1. The second-order valence-electron chi connectivity index (χ2n) is 4.67. The highest BCUT2D eigenvalue weighted by Gasteiger charge is 2.26. The van der Waals surface area contributed by atoms with Gasteiger partial charge in [0.25, 0.3) is 10.0 Å². The van der Waals surface area contributed by atoms with Crippen LogP contribution in [0.2, 0.25) is 0 Å². The summed E-state index contributed by atoms with van der Waals surface area (Å²) >= 11 is 1.04. The van der Waals surface area contributed by atoms with E-state index in [0.29, 0.717) is 17.3 Å². The van der Waals surface area contributed by atoms with E-state index < -0.39 is 10.0 Å². The zero-order valence-electron chi connectivity index (χ0n) is 10.3. The van der Waals surface area contributed by atoms with Gasteiger partial charge in [0.2, 0.25) is 0 Å². The molecule has 0 aliphatic heterocycles. The van der Waals surface area contributed by atoms with Crippen molar-refractivity contribution in [1.29, 1.82) is 5.26 Å². The molecule has 2 rings (SSSR count). The molecule has 0 amide bonds. The van der Waals surface area contributed by atoms with E-state index in [1.54, 1.807) is 13.1 Å². The molecule has 1 aliphatic rings. The standard InChI is InChI=1S/C12H16N2O2S2/c1-14(9-10-4-2-3-5-10)18(15,16)12-7-6-11(8-13)17-12/h6-7,10H,2-5,9H2,1H3. The summed E-state index contributed by atoms with van der Waals surface area (Å²) in [6.07, 6.45) is 4.65. The van der Waals surface area contributed by atoms with Gasteiger partial charge in [-0.15, -0.1) is 11.3 Å². The average molecular weight is 284 g/mol. The van der Waals surface area contributed by atoms with Gasteiger partial charge in [0.05, 0.1) is 0 Å². The van der Waals surface area contributed by atoms with E-state index in [1.165, 1.54) is 23.2 Å². The fourth-order valence-corrected chi connectivity index (χ4v) is 4.89. The molecule has 98 valence electrons. The van der Waals surface area contributed by atoms with Crippen LogP contribution >= 0.6 is 11.3 Å². The van der Waals surface area contributed by atoms with Crippen LogP contribution in [0.1, 0.15) is 30.6 Å². The van der Waals surface area contributed by atoms with Crippen molar-refractivity contribution in [2.45, 2.75) is 29.9 Å². The van der Waals surface area contributed by atoms with E-state index in [-0.39, 0.29) is 4.21 Å². The highest BCUT2D eigenvalue weighted by molar-refractivity contribution is 7.91. The Hall–Kier alpha value is -0.900. The molecular formula is C12H16N2O2S2. The Bertz CT molecular complexity index is 551. The number of hydrogen-bond acceptors (Lipinski definition) is 4. The van der Waals surface area contributed by atoms with E-state index in [2.05, 4.69) is 0 Å². The molecule has 0 N–H and O–H groups in total. The second kappa shape index (κ2) is 5.39. The van der Waals surface area contributed by atoms with Crippen LogP contribution in [0.3, 0.4) is 0 Å². The Kier molecular flexibility index (Phi) is 4.05. The number of nitriles is 1. The van der Waals surface area contributed by atoms with E-state index in [4.69, 9.17) is 5.26 Å². The molecule has 1 aliphatic carbocycles. The van der Waals surface area contributed by atoms with Gasteiger partial charge in [-0.1, -0.05) is 12.8 Å². The molecule has 1 heterocycles. The van der Waals surface area contributed by atoms with Crippen molar-refractivity contribution in [2.75, 3.05) is 13.6 Å². The number of rotatable bonds is 4. The Labute approximate surface area is 112 Å². The van der Waals surface area contributed by atoms with Crippen LogP contribution < -0.4 is 0 Å². The molecule has 0 bridgehead atoms. The third-order valence-electron chi connectivity index (χ3n) is 3.35. The normalized spacial score (nSPS) is 17.2. The van der Waals surface area contributed by atoms with Crippen molar-refractivity contribution >= 4 is 21.4 Å². The summed E-state index contributed by atoms with van der Waals surface area (Å²) in [5.41, 5.74) is 0. The maximum atomic E-state index is 12.3. The molecule has 1 fully saturated rings. The lowest BCUT2D eigenvalue weighted by Crippen LogP contribution is -2.30. The lowest BCUT2D eigenvalue weighted by Gasteiger charge is -2.19. The minimum atomic E-state index is -3.41. The summed E-state index contributed by atoms with van der Waals surface area (Å²) < 4.78 is 26.2. The summed E-state index contributed by atoms with van der Waals surface area (Å²) in [5, 5.41) is 8.74. The summed E-state index contributed by atoms with van der Waals surface area (Å²) in [6.45, 7) is 0.585. The van der Waals surface area contributed by atoms with Crippen LogP contribution in [-0.4, -0.2) is 26.3 Å². The molecule has 1 aromatic heterocycles. The predicted octanol–water partition coefficient (Wildman–Crippen LogP) is 2.43. The smallest absolute Gasteiger partial charge is 0.206 e. The van der Waals surface area contributed by atoms with Crippen molar-refractivity contribution in [2.24, 2.45) is 5.92 Å². The average Bonchev–Trinajstić information content (AvgIpc) is 2.99. The fraction of sp³-hybridized carbons (Fsp3) is 0.583. The largest absolute Gasteiger partial charge is 0.252 e. The van der Waals surface area contributed by atoms with Crippen LogP contribution in [0.15, 0.2) is 16.3 Å². The number of thiophene rings is 1. The lowest BCUT2D eigenvalue weighted by atomic mass is 10.1. The molecule has 0 aromatic carbocycles. The molecule has 1 aromatic rings. The molecule has 0 unspecified atom stereocenters. The van der Waals surface area contributed by atoms with Gasteiger partial charge in [-0.05, 0) is 30.9 Å². The van der Waals surface area contributed by atoms with Crippen LogP contribution in [-0.2, 0) is 10.0 Å². The second-order valence-corrected chi connectivity index (χ2v) is 8.02. The molecular weight excluding hydrogens is 268 g/mol.